The molecule has 2 aromatic rings. The lowest BCUT2D eigenvalue weighted by atomic mass is 10.1. The van der Waals surface area contributed by atoms with Crippen molar-refractivity contribution in [3.63, 3.8) is 0 Å². The number of alkyl halides is 3. The summed E-state index contributed by atoms with van der Waals surface area (Å²) in [5, 5.41) is 3.34. The Morgan fingerprint density at radius 3 is 2.78 bits per heavy atom. The lowest BCUT2D eigenvalue weighted by Crippen LogP contribution is -2.36. The quantitative estimate of drug-likeness (QED) is 0.773. The van der Waals surface area contributed by atoms with E-state index in [2.05, 4.69) is 5.32 Å². The number of hydrogen-bond acceptors (Lipinski definition) is 3. The van der Waals surface area contributed by atoms with E-state index in [0.717, 1.165) is 36.4 Å². The van der Waals surface area contributed by atoms with Gasteiger partial charge in [0.15, 0.2) is 0 Å². The molecule has 4 nitrogen and oxygen atoms in total. The Balaban J connectivity index is 1.68. The fraction of sp³-hybridized carbons (Fsp3) is 0.444. The standard InChI is InChI=1S/C18H18ClF3N2O2S/c1-10(9-24-6-2-3-14(24)25)8-23-17(26)16-15(19)12-5-4-11(18(20,21)22)7-13(12)27-16/h4-5,7,10H,2-3,6,8-9H2,1H3,(H,23,26). The molecule has 2 heterocycles. The van der Waals surface area contributed by atoms with Crippen LogP contribution in [0.2, 0.25) is 5.02 Å². The Kier molecular flexibility index (Phi) is 5.67. The second-order valence-electron chi connectivity index (χ2n) is 6.71. The fourth-order valence-electron chi connectivity index (χ4n) is 3.07. The third kappa shape index (κ3) is 4.38. The number of likely N-dealkylation sites (tertiary alicyclic amines) is 1. The number of thiophene rings is 1. The molecular formula is C18H18ClF3N2O2S. The maximum atomic E-state index is 12.9. The van der Waals surface area contributed by atoms with Crippen molar-refractivity contribution in [2.75, 3.05) is 19.6 Å². The molecule has 1 atom stereocenters. The molecule has 1 aromatic carbocycles. The van der Waals surface area contributed by atoms with Gasteiger partial charge < -0.3 is 10.2 Å². The van der Waals surface area contributed by atoms with Crippen LogP contribution < -0.4 is 5.32 Å². The van der Waals surface area contributed by atoms with Gasteiger partial charge in [-0.3, -0.25) is 9.59 Å². The highest BCUT2D eigenvalue weighted by Crippen LogP contribution is 2.39. The first kappa shape index (κ1) is 19.9. The van der Waals surface area contributed by atoms with Gasteiger partial charge in [-0.25, -0.2) is 0 Å². The second kappa shape index (κ2) is 7.67. The molecule has 2 amide bonds. The molecule has 0 aliphatic carbocycles. The number of hydrogen-bond donors (Lipinski definition) is 1. The van der Waals surface area contributed by atoms with Gasteiger partial charge >= 0.3 is 6.18 Å². The smallest absolute Gasteiger partial charge is 0.351 e. The van der Waals surface area contributed by atoms with E-state index in [1.807, 2.05) is 6.92 Å². The Hall–Kier alpha value is -1.80. The second-order valence-corrected chi connectivity index (χ2v) is 8.14. The molecule has 146 valence electrons. The summed E-state index contributed by atoms with van der Waals surface area (Å²) in [6.45, 7) is 3.57. The zero-order valence-corrected chi connectivity index (χ0v) is 16.1. The largest absolute Gasteiger partial charge is 0.416 e. The van der Waals surface area contributed by atoms with Crippen molar-refractivity contribution in [2.24, 2.45) is 5.92 Å². The van der Waals surface area contributed by atoms with Crippen LogP contribution in [0, 0.1) is 5.92 Å². The van der Waals surface area contributed by atoms with Gasteiger partial charge in [-0.1, -0.05) is 24.6 Å². The third-order valence-electron chi connectivity index (χ3n) is 4.48. The van der Waals surface area contributed by atoms with Crippen molar-refractivity contribution in [3.8, 4) is 0 Å². The number of carbonyl (C=O) groups excluding carboxylic acids is 2. The van der Waals surface area contributed by atoms with Gasteiger partial charge in [0.25, 0.3) is 5.91 Å². The molecule has 1 fully saturated rings. The van der Waals surface area contributed by atoms with Crippen molar-refractivity contribution in [2.45, 2.75) is 25.9 Å². The third-order valence-corrected chi connectivity index (χ3v) is 6.13. The molecule has 9 heteroatoms. The Morgan fingerprint density at radius 2 is 2.15 bits per heavy atom. The first-order valence-electron chi connectivity index (χ1n) is 8.52. The molecule has 0 spiro atoms. The number of halogens is 4. The normalized spacial score (nSPS) is 16.2. The van der Waals surface area contributed by atoms with Crippen LogP contribution in [0.1, 0.15) is 35.0 Å². The van der Waals surface area contributed by atoms with Crippen LogP contribution in [0.3, 0.4) is 0 Å². The minimum absolute atomic E-state index is 0.0565. The highest BCUT2D eigenvalue weighted by Gasteiger charge is 2.31. The molecule has 0 radical (unpaired) electrons. The first-order chi connectivity index (χ1) is 12.7. The SMILES string of the molecule is CC(CNC(=O)c1sc2cc(C(F)(F)F)ccc2c1Cl)CN1CCCC1=O. The van der Waals surface area contributed by atoms with Crippen LogP contribution >= 0.6 is 22.9 Å². The zero-order valence-electron chi connectivity index (χ0n) is 14.5. The van der Waals surface area contributed by atoms with Crippen LogP contribution in [0.5, 0.6) is 0 Å². The number of benzene rings is 1. The monoisotopic (exact) mass is 418 g/mol. The summed E-state index contributed by atoms with van der Waals surface area (Å²) >= 11 is 7.14. The molecular weight excluding hydrogens is 401 g/mol. The molecule has 1 aliphatic heterocycles. The summed E-state index contributed by atoms with van der Waals surface area (Å²) < 4.78 is 38.9. The number of carbonyl (C=O) groups is 2. The minimum Gasteiger partial charge on any atom is -0.351 e. The minimum atomic E-state index is -4.45. The van der Waals surface area contributed by atoms with E-state index in [1.165, 1.54) is 6.07 Å². The van der Waals surface area contributed by atoms with Crippen molar-refractivity contribution in [1.29, 1.82) is 0 Å². The molecule has 1 N–H and O–H groups in total. The summed E-state index contributed by atoms with van der Waals surface area (Å²) in [4.78, 5) is 26.1. The number of fused-ring (bicyclic) bond motifs is 1. The summed E-state index contributed by atoms with van der Waals surface area (Å²) in [7, 11) is 0. The lowest BCUT2D eigenvalue weighted by molar-refractivity contribution is -0.137. The average molecular weight is 419 g/mol. The highest BCUT2D eigenvalue weighted by molar-refractivity contribution is 7.21. The van der Waals surface area contributed by atoms with Crippen LogP contribution in [0.15, 0.2) is 18.2 Å². The van der Waals surface area contributed by atoms with Crippen LogP contribution in [-0.4, -0.2) is 36.3 Å². The van der Waals surface area contributed by atoms with Gasteiger partial charge in [0.05, 0.1) is 10.6 Å². The Bertz CT molecular complexity index is 881. The molecule has 1 saturated heterocycles. The molecule has 3 rings (SSSR count). The van der Waals surface area contributed by atoms with Gasteiger partial charge in [-0.15, -0.1) is 11.3 Å². The van der Waals surface area contributed by atoms with Crippen molar-refractivity contribution in [1.82, 2.24) is 10.2 Å². The van der Waals surface area contributed by atoms with Crippen LogP contribution in [-0.2, 0) is 11.0 Å². The zero-order chi connectivity index (χ0) is 19.8. The van der Waals surface area contributed by atoms with E-state index in [9.17, 15) is 22.8 Å². The maximum Gasteiger partial charge on any atom is 0.416 e. The van der Waals surface area contributed by atoms with Crippen molar-refractivity contribution in [3.05, 3.63) is 33.7 Å². The highest BCUT2D eigenvalue weighted by atomic mass is 35.5. The van der Waals surface area contributed by atoms with E-state index in [-0.39, 0.29) is 21.7 Å². The molecule has 1 aliphatic rings. The van der Waals surface area contributed by atoms with Crippen LogP contribution in [0.25, 0.3) is 10.1 Å². The average Bonchev–Trinajstić information content (AvgIpc) is 3.15. The Labute approximate surface area is 163 Å². The molecule has 27 heavy (non-hydrogen) atoms. The van der Waals surface area contributed by atoms with E-state index in [1.54, 1.807) is 4.90 Å². The van der Waals surface area contributed by atoms with Gasteiger partial charge in [-0.2, -0.15) is 13.2 Å². The topological polar surface area (TPSA) is 49.4 Å². The Morgan fingerprint density at radius 1 is 1.41 bits per heavy atom. The van der Waals surface area contributed by atoms with Crippen molar-refractivity contribution < 1.29 is 22.8 Å². The van der Waals surface area contributed by atoms with Gasteiger partial charge in [-0.05, 0) is 24.5 Å². The maximum absolute atomic E-state index is 12.9. The summed E-state index contributed by atoms with van der Waals surface area (Å²) in [5.74, 6) is -0.239. The molecule has 0 saturated carbocycles. The van der Waals surface area contributed by atoms with E-state index in [0.29, 0.717) is 29.6 Å². The van der Waals surface area contributed by atoms with E-state index < -0.39 is 17.6 Å². The lowest BCUT2D eigenvalue weighted by Gasteiger charge is -2.20. The summed E-state index contributed by atoms with van der Waals surface area (Å²) in [6, 6.07) is 3.25. The number of nitrogens with one attached hydrogen (secondary N) is 1. The van der Waals surface area contributed by atoms with E-state index >= 15 is 0 Å². The van der Waals surface area contributed by atoms with Crippen molar-refractivity contribution >= 4 is 44.8 Å². The van der Waals surface area contributed by atoms with Crippen LogP contribution in [0.4, 0.5) is 13.2 Å². The summed E-state index contributed by atoms with van der Waals surface area (Å²) in [5.41, 5.74) is -0.774. The first-order valence-corrected chi connectivity index (χ1v) is 9.71. The summed E-state index contributed by atoms with van der Waals surface area (Å²) in [6.07, 6.45) is -3.03. The number of amides is 2. The predicted molar refractivity (Wildman–Crippen MR) is 99.1 cm³/mol. The predicted octanol–water partition coefficient (Wildman–Crippen LogP) is 4.56. The van der Waals surface area contributed by atoms with Gasteiger partial charge in [0, 0.05) is 36.1 Å². The molecule has 1 unspecified atom stereocenters. The number of nitrogens with zero attached hydrogens (tertiary/aromatic N) is 1. The van der Waals surface area contributed by atoms with Gasteiger partial charge in [0.1, 0.15) is 4.88 Å². The molecule has 0 bridgehead atoms. The molecule has 1 aromatic heterocycles. The van der Waals surface area contributed by atoms with Gasteiger partial charge in [0.2, 0.25) is 5.91 Å². The fourth-order valence-corrected chi connectivity index (χ4v) is 4.55. The number of rotatable bonds is 5. The van der Waals surface area contributed by atoms with E-state index in [4.69, 9.17) is 11.6 Å².